The van der Waals surface area contributed by atoms with Crippen molar-refractivity contribution in [2.45, 2.75) is 25.2 Å². The Morgan fingerprint density at radius 2 is 2.33 bits per heavy atom. The summed E-state index contributed by atoms with van der Waals surface area (Å²) >= 11 is 0. The van der Waals surface area contributed by atoms with Gasteiger partial charge in [0.1, 0.15) is 0 Å². The summed E-state index contributed by atoms with van der Waals surface area (Å²) < 4.78 is 5.48. The van der Waals surface area contributed by atoms with Crippen LogP contribution in [0, 0.1) is 0 Å². The monoisotopic (exact) mass is 203 g/mol. The number of anilines is 1. The lowest BCUT2D eigenvalue weighted by molar-refractivity contribution is 0.194. The van der Waals surface area contributed by atoms with Crippen LogP contribution in [0.4, 0.5) is 5.69 Å². The first-order valence-electron chi connectivity index (χ1n) is 5.88. The molecule has 1 fully saturated rings. The number of rotatable bonds is 1. The second-order valence-corrected chi connectivity index (χ2v) is 4.46. The number of nitrogens with one attached hydrogen (secondary N) is 1. The van der Waals surface area contributed by atoms with Gasteiger partial charge >= 0.3 is 0 Å². The summed E-state index contributed by atoms with van der Waals surface area (Å²) in [6, 6.07) is 6.66. The molecule has 0 aliphatic carbocycles. The highest BCUT2D eigenvalue weighted by Gasteiger charge is 2.22. The van der Waals surface area contributed by atoms with Crippen molar-refractivity contribution in [2.75, 3.05) is 25.1 Å². The molecule has 1 saturated heterocycles. The average molecular weight is 203 g/mol. The molecular formula is C13H17NO. The van der Waals surface area contributed by atoms with Crippen LogP contribution in [0.25, 0.3) is 0 Å². The molecule has 0 bridgehead atoms. The molecule has 1 N–H and O–H groups in total. The minimum Gasteiger partial charge on any atom is -0.385 e. The largest absolute Gasteiger partial charge is 0.385 e. The second-order valence-electron chi connectivity index (χ2n) is 4.46. The van der Waals surface area contributed by atoms with Crippen LogP contribution in [0.1, 0.15) is 29.9 Å². The molecule has 80 valence electrons. The summed E-state index contributed by atoms with van der Waals surface area (Å²) in [5.74, 6) is 0.639. The van der Waals surface area contributed by atoms with Gasteiger partial charge in [-0.25, -0.2) is 0 Å². The van der Waals surface area contributed by atoms with Crippen molar-refractivity contribution >= 4 is 5.69 Å². The Morgan fingerprint density at radius 1 is 1.33 bits per heavy atom. The molecule has 15 heavy (non-hydrogen) atoms. The fourth-order valence-electron chi connectivity index (χ4n) is 2.70. The van der Waals surface area contributed by atoms with Gasteiger partial charge in [0.15, 0.2) is 0 Å². The Labute approximate surface area is 90.6 Å². The van der Waals surface area contributed by atoms with E-state index in [-0.39, 0.29) is 0 Å². The lowest BCUT2D eigenvalue weighted by atomic mass is 9.89. The van der Waals surface area contributed by atoms with Crippen LogP contribution < -0.4 is 5.32 Å². The molecule has 1 atom stereocenters. The summed E-state index contributed by atoms with van der Waals surface area (Å²) in [6.45, 7) is 2.97. The van der Waals surface area contributed by atoms with E-state index in [1.165, 1.54) is 30.5 Å². The molecule has 1 aromatic rings. The third-order valence-electron chi connectivity index (χ3n) is 3.50. The molecule has 0 radical (unpaired) electrons. The van der Waals surface area contributed by atoms with Crippen molar-refractivity contribution < 1.29 is 4.74 Å². The highest BCUT2D eigenvalue weighted by atomic mass is 16.5. The highest BCUT2D eigenvalue weighted by molar-refractivity contribution is 5.57. The van der Waals surface area contributed by atoms with Gasteiger partial charge in [-0.2, -0.15) is 0 Å². The van der Waals surface area contributed by atoms with Crippen molar-refractivity contribution in [1.82, 2.24) is 0 Å². The molecule has 0 aromatic heterocycles. The maximum absolute atomic E-state index is 5.48. The summed E-state index contributed by atoms with van der Waals surface area (Å²) in [4.78, 5) is 0. The molecule has 1 aromatic carbocycles. The minimum absolute atomic E-state index is 0.639. The molecule has 1 unspecified atom stereocenters. The Morgan fingerprint density at radius 3 is 3.20 bits per heavy atom. The number of fused-ring (bicyclic) bond motifs is 1. The van der Waals surface area contributed by atoms with E-state index < -0.39 is 0 Å². The first-order chi connectivity index (χ1) is 7.45. The van der Waals surface area contributed by atoms with Crippen molar-refractivity contribution in [2.24, 2.45) is 0 Å². The third kappa shape index (κ3) is 1.63. The normalized spacial score (nSPS) is 24.7. The van der Waals surface area contributed by atoms with E-state index in [1.54, 1.807) is 5.56 Å². The van der Waals surface area contributed by atoms with Gasteiger partial charge in [-0.15, -0.1) is 0 Å². The molecule has 0 spiro atoms. The van der Waals surface area contributed by atoms with E-state index in [4.69, 9.17) is 4.74 Å². The number of benzene rings is 1. The second kappa shape index (κ2) is 3.86. The highest BCUT2D eigenvalue weighted by Crippen LogP contribution is 2.33. The zero-order valence-corrected chi connectivity index (χ0v) is 8.96. The maximum atomic E-state index is 5.48. The van der Waals surface area contributed by atoms with Gasteiger partial charge in [0.25, 0.3) is 0 Å². The van der Waals surface area contributed by atoms with E-state index >= 15 is 0 Å². The molecule has 0 saturated carbocycles. The number of ether oxygens (including phenoxy) is 1. The van der Waals surface area contributed by atoms with Crippen LogP contribution in [0.3, 0.4) is 0 Å². The zero-order valence-electron chi connectivity index (χ0n) is 8.96. The smallest absolute Gasteiger partial charge is 0.0535 e. The molecular weight excluding hydrogens is 186 g/mol. The Bertz CT molecular complexity index is 356. The van der Waals surface area contributed by atoms with Crippen LogP contribution in [0.5, 0.6) is 0 Å². The van der Waals surface area contributed by atoms with Crippen molar-refractivity contribution in [1.29, 1.82) is 0 Å². The summed E-state index contributed by atoms with van der Waals surface area (Å²) in [7, 11) is 0. The molecule has 2 heteroatoms. The van der Waals surface area contributed by atoms with Gasteiger partial charge < -0.3 is 10.1 Å². The fourth-order valence-corrected chi connectivity index (χ4v) is 2.70. The SMILES string of the molecule is c1cc2c(c(C3CCOC3)c1)CCCN2. The van der Waals surface area contributed by atoms with Crippen LogP contribution >= 0.6 is 0 Å². The first-order valence-corrected chi connectivity index (χ1v) is 5.88. The van der Waals surface area contributed by atoms with Crippen molar-refractivity contribution in [3.63, 3.8) is 0 Å². The molecule has 3 rings (SSSR count). The molecule has 2 aliphatic heterocycles. The van der Waals surface area contributed by atoms with E-state index in [0.717, 1.165) is 19.8 Å². The van der Waals surface area contributed by atoms with Crippen LogP contribution in [-0.4, -0.2) is 19.8 Å². The zero-order chi connectivity index (χ0) is 10.1. The maximum Gasteiger partial charge on any atom is 0.0535 e. The minimum atomic E-state index is 0.639. The predicted octanol–water partition coefficient (Wildman–Crippen LogP) is 2.55. The molecule has 0 amide bonds. The molecule has 2 nitrogen and oxygen atoms in total. The van der Waals surface area contributed by atoms with Crippen LogP contribution in [0.2, 0.25) is 0 Å². The van der Waals surface area contributed by atoms with Gasteiger partial charge in [-0.1, -0.05) is 12.1 Å². The van der Waals surface area contributed by atoms with Gasteiger partial charge in [-0.3, -0.25) is 0 Å². The molecule has 2 aliphatic rings. The Kier molecular flexibility index (Phi) is 2.37. The van der Waals surface area contributed by atoms with E-state index in [1.807, 2.05) is 0 Å². The fraction of sp³-hybridized carbons (Fsp3) is 0.538. The van der Waals surface area contributed by atoms with Gasteiger partial charge in [0.2, 0.25) is 0 Å². The van der Waals surface area contributed by atoms with Gasteiger partial charge in [0.05, 0.1) is 6.61 Å². The third-order valence-corrected chi connectivity index (χ3v) is 3.50. The van der Waals surface area contributed by atoms with Crippen molar-refractivity contribution in [3.05, 3.63) is 29.3 Å². The average Bonchev–Trinajstić information content (AvgIpc) is 2.82. The van der Waals surface area contributed by atoms with Gasteiger partial charge in [-0.05, 0) is 36.5 Å². The predicted molar refractivity (Wildman–Crippen MR) is 61.4 cm³/mol. The van der Waals surface area contributed by atoms with E-state index in [9.17, 15) is 0 Å². The van der Waals surface area contributed by atoms with Crippen molar-refractivity contribution in [3.8, 4) is 0 Å². The van der Waals surface area contributed by atoms with Gasteiger partial charge in [0, 0.05) is 24.8 Å². The Hall–Kier alpha value is -1.02. The summed E-state index contributed by atoms with van der Waals surface area (Å²) in [6.07, 6.45) is 3.68. The summed E-state index contributed by atoms with van der Waals surface area (Å²) in [5.41, 5.74) is 4.42. The lowest BCUT2D eigenvalue weighted by Crippen LogP contribution is -2.15. The quantitative estimate of drug-likeness (QED) is 0.757. The van der Waals surface area contributed by atoms with Crippen LogP contribution in [0.15, 0.2) is 18.2 Å². The standard InChI is InChI=1S/C13H17NO/c1-3-11(10-6-8-15-9-10)12-4-2-7-14-13(12)5-1/h1,3,5,10,14H,2,4,6-9H2. The summed E-state index contributed by atoms with van der Waals surface area (Å²) in [5, 5.41) is 3.49. The van der Waals surface area contributed by atoms with Crippen LogP contribution in [-0.2, 0) is 11.2 Å². The topological polar surface area (TPSA) is 21.3 Å². The lowest BCUT2D eigenvalue weighted by Gasteiger charge is -2.23. The van der Waals surface area contributed by atoms with E-state index in [2.05, 4.69) is 23.5 Å². The Balaban J connectivity index is 1.99. The van der Waals surface area contributed by atoms with E-state index in [0.29, 0.717) is 5.92 Å². The first kappa shape index (κ1) is 9.22. The number of hydrogen-bond donors (Lipinski definition) is 1. The molecule has 2 heterocycles. The number of hydrogen-bond acceptors (Lipinski definition) is 2.